The van der Waals surface area contributed by atoms with Crippen LogP contribution in [0.2, 0.25) is 0 Å². The largest absolute Gasteiger partial charge is 0.383 e. The van der Waals surface area contributed by atoms with Crippen LogP contribution in [-0.4, -0.2) is 21.2 Å². The summed E-state index contributed by atoms with van der Waals surface area (Å²) < 4.78 is 2.16. The van der Waals surface area contributed by atoms with Gasteiger partial charge >= 0.3 is 0 Å². The van der Waals surface area contributed by atoms with E-state index in [2.05, 4.69) is 95.3 Å². The first-order valence-corrected chi connectivity index (χ1v) is 15.5. The monoisotopic (exact) mass is 607 g/mol. The van der Waals surface area contributed by atoms with Crippen LogP contribution in [0.3, 0.4) is 0 Å². The number of aryl methyl sites for hydroxylation is 1. The van der Waals surface area contributed by atoms with Crippen molar-refractivity contribution < 1.29 is 0 Å². The smallest absolute Gasteiger partial charge is 0.154 e. The van der Waals surface area contributed by atoms with Crippen LogP contribution >= 0.6 is 0 Å². The Morgan fingerprint density at radius 1 is 0.617 bits per heavy atom. The molecule has 47 heavy (non-hydrogen) atoms. The van der Waals surface area contributed by atoms with Gasteiger partial charge in [0.15, 0.2) is 5.84 Å². The third kappa shape index (κ3) is 6.02. The molecule has 0 spiro atoms. The standard InChI is InChI=1S/C35H25N5.C7H8/c36-34(26-16-14-24(15-17-26)23-8-2-1-3-9-23)39-35(37)27-20-21-38-32(22-27)40-30-13-7-6-12-29(30)33-28-11-5-4-10-25(28)18-19-31(33)40;1-7-5-3-2-4-6-7/h1-22H,(H3,36,37,39);2-6H,1H3. The highest BCUT2D eigenvalue weighted by Gasteiger charge is 2.16. The summed E-state index contributed by atoms with van der Waals surface area (Å²) in [5.41, 5.74) is 13.4. The zero-order valence-corrected chi connectivity index (χ0v) is 26.0. The van der Waals surface area contributed by atoms with Gasteiger partial charge in [-0.2, -0.15) is 0 Å². The Kier molecular flexibility index (Phi) is 8.10. The Bertz CT molecular complexity index is 2370. The van der Waals surface area contributed by atoms with Gasteiger partial charge in [-0.05, 0) is 53.1 Å². The summed E-state index contributed by atoms with van der Waals surface area (Å²) in [4.78, 5) is 9.16. The summed E-state index contributed by atoms with van der Waals surface area (Å²) >= 11 is 0. The number of aromatic nitrogens is 2. The first kappa shape index (κ1) is 29.4. The van der Waals surface area contributed by atoms with Crippen molar-refractivity contribution in [3.8, 4) is 16.9 Å². The number of pyridine rings is 1. The molecule has 0 unspecified atom stereocenters. The van der Waals surface area contributed by atoms with Crippen LogP contribution in [0, 0.1) is 12.3 Å². The van der Waals surface area contributed by atoms with Gasteiger partial charge in [0.2, 0.25) is 0 Å². The first-order chi connectivity index (χ1) is 23.1. The average Bonchev–Trinajstić information content (AvgIpc) is 3.48. The summed E-state index contributed by atoms with van der Waals surface area (Å²) in [5, 5.41) is 13.5. The van der Waals surface area contributed by atoms with Crippen molar-refractivity contribution in [3.05, 3.63) is 181 Å². The molecule has 8 aromatic rings. The van der Waals surface area contributed by atoms with Gasteiger partial charge < -0.3 is 5.73 Å². The Balaban J connectivity index is 0.000000447. The van der Waals surface area contributed by atoms with Crippen LogP contribution < -0.4 is 5.73 Å². The minimum absolute atomic E-state index is 0.0829. The molecule has 0 radical (unpaired) electrons. The molecule has 0 saturated heterocycles. The van der Waals surface area contributed by atoms with Gasteiger partial charge in [0.25, 0.3) is 0 Å². The molecule has 8 rings (SSSR count). The molecule has 0 aliphatic carbocycles. The Hall–Kier alpha value is -6.33. The fourth-order valence-corrected chi connectivity index (χ4v) is 5.92. The second kappa shape index (κ2) is 13.0. The topological polar surface area (TPSA) is 80.1 Å². The van der Waals surface area contributed by atoms with E-state index in [0.717, 1.165) is 38.9 Å². The lowest BCUT2D eigenvalue weighted by atomic mass is 10.0. The number of hydrogen-bond acceptors (Lipinski definition) is 2. The molecule has 0 atom stereocenters. The van der Waals surface area contributed by atoms with E-state index in [1.807, 2.05) is 72.8 Å². The van der Waals surface area contributed by atoms with Crippen molar-refractivity contribution in [2.45, 2.75) is 6.92 Å². The quantitative estimate of drug-likeness (QED) is 0.154. The minimum Gasteiger partial charge on any atom is -0.383 e. The summed E-state index contributed by atoms with van der Waals surface area (Å²) in [5.74, 6) is 1.11. The fourth-order valence-electron chi connectivity index (χ4n) is 5.92. The van der Waals surface area contributed by atoms with E-state index in [4.69, 9.17) is 16.1 Å². The van der Waals surface area contributed by atoms with Gasteiger partial charge in [0.1, 0.15) is 11.7 Å². The minimum atomic E-state index is 0.0829. The normalized spacial score (nSPS) is 11.4. The maximum atomic E-state index is 8.74. The molecule has 0 amide bonds. The van der Waals surface area contributed by atoms with E-state index >= 15 is 0 Å². The van der Waals surface area contributed by atoms with Crippen molar-refractivity contribution in [2.75, 3.05) is 0 Å². The molecule has 226 valence electrons. The van der Waals surface area contributed by atoms with E-state index in [1.54, 1.807) is 12.3 Å². The van der Waals surface area contributed by atoms with Crippen LogP contribution in [-0.2, 0) is 0 Å². The van der Waals surface area contributed by atoms with Gasteiger partial charge in [-0.25, -0.2) is 9.98 Å². The average molecular weight is 608 g/mol. The lowest BCUT2D eigenvalue weighted by Gasteiger charge is -2.09. The van der Waals surface area contributed by atoms with Crippen molar-refractivity contribution in [2.24, 2.45) is 10.7 Å². The number of benzene rings is 6. The lowest BCUT2D eigenvalue weighted by Crippen LogP contribution is -2.16. The SMILES string of the molecule is Cc1ccccc1.N=C(N=C(N)c1ccc(-c2ccccc2)cc1)c1ccnc(-n2c3ccccc3c3c4ccccc4ccc32)c1. The third-order valence-corrected chi connectivity index (χ3v) is 8.27. The predicted molar refractivity (Wildman–Crippen MR) is 197 cm³/mol. The van der Waals surface area contributed by atoms with Crippen LogP contribution in [0.1, 0.15) is 16.7 Å². The van der Waals surface area contributed by atoms with E-state index in [0.29, 0.717) is 11.4 Å². The number of para-hydroxylation sites is 1. The molecule has 0 saturated carbocycles. The maximum Gasteiger partial charge on any atom is 0.154 e. The second-order valence-corrected chi connectivity index (χ2v) is 11.4. The Labute approximate surface area is 273 Å². The molecule has 3 N–H and O–H groups in total. The highest BCUT2D eigenvalue weighted by Crippen LogP contribution is 2.36. The molecule has 0 aliphatic heterocycles. The lowest BCUT2D eigenvalue weighted by molar-refractivity contribution is 1.08. The van der Waals surface area contributed by atoms with E-state index in [1.165, 1.54) is 21.7 Å². The number of nitrogens with two attached hydrogens (primary N) is 1. The summed E-state index contributed by atoms with van der Waals surface area (Å²) in [6, 6.07) is 53.2. The molecule has 0 fully saturated rings. The van der Waals surface area contributed by atoms with E-state index < -0.39 is 0 Å². The maximum absolute atomic E-state index is 8.74. The van der Waals surface area contributed by atoms with E-state index in [-0.39, 0.29) is 5.84 Å². The summed E-state index contributed by atoms with van der Waals surface area (Å²) in [7, 11) is 0. The molecular formula is C42H33N5. The third-order valence-electron chi connectivity index (χ3n) is 8.27. The molecule has 6 aromatic carbocycles. The van der Waals surface area contributed by atoms with Gasteiger partial charge in [-0.3, -0.25) is 9.98 Å². The van der Waals surface area contributed by atoms with Gasteiger partial charge in [0, 0.05) is 28.1 Å². The summed E-state index contributed by atoms with van der Waals surface area (Å²) in [6.45, 7) is 2.08. The molecule has 5 heteroatoms. The zero-order chi connectivity index (χ0) is 32.2. The molecule has 0 aliphatic rings. The number of fused-ring (bicyclic) bond motifs is 5. The number of nitrogens with zero attached hydrogens (tertiary/aromatic N) is 3. The van der Waals surface area contributed by atoms with Crippen molar-refractivity contribution >= 4 is 44.2 Å². The molecule has 2 aromatic heterocycles. The number of hydrogen-bond donors (Lipinski definition) is 2. The molecular weight excluding hydrogens is 574 g/mol. The van der Waals surface area contributed by atoms with Crippen molar-refractivity contribution in [3.63, 3.8) is 0 Å². The Morgan fingerprint density at radius 2 is 1.26 bits per heavy atom. The number of rotatable bonds is 4. The zero-order valence-electron chi connectivity index (χ0n) is 26.0. The number of nitrogens with one attached hydrogen (secondary N) is 1. The van der Waals surface area contributed by atoms with Crippen LogP contribution in [0.5, 0.6) is 0 Å². The molecule has 2 heterocycles. The summed E-state index contributed by atoms with van der Waals surface area (Å²) in [6.07, 6.45) is 1.72. The van der Waals surface area contributed by atoms with Crippen molar-refractivity contribution in [1.82, 2.24) is 9.55 Å². The van der Waals surface area contributed by atoms with Gasteiger partial charge in [0.05, 0.1) is 11.0 Å². The fraction of sp³-hybridized carbons (Fsp3) is 0.0238. The van der Waals surface area contributed by atoms with Gasteiger partial charge in [-0.15, -0.1) is 0 Å². The van der Waals surface area contributed by atoms with Crippen LogP contribution in [0.25, 0.3) is 49.5 Å². The highest BCUT2D eigenvalue weighted by molar-refractivity contribution is 6.21. The molecule has 0 bridgehead atoms. The first-order valence-electron chi connectivity index (χ1n) is 15.5. The van der Waals surface area contributed by atoms with Crippen LogP contribution in [0.15, 0.2) is 169 Å². The Morgan fingerprint density at radius 3 is 1.98 bits per heavy atom. The van der Waals surface area contributed by atoms with E-state index in [9.17, 15) is 0 Å². The predicted octanol–water partition coefficient (Wildman–Crippen LogP) is 9.72. The second-order valence-electron chi connectivity index (χ2n) is 11.4. The molecule has 5 nitrogen and oxygen atoms in total. The van der Waals surface area contributed by atoms with Gasteiger partial charge in [-0.1, -0.05) is 139 Å². The number of amidine groups is 2. The highest BCUT2D eigenvalue weighted by atomic mass is 15.1. The number of aliphatic imine (C=N–C) groups is 1. The van der Waals surface area contributed by atoms with Crippen LogP contribution in [0.4, 0.5) is 0 Å². The van der Waals surface area contributed by atoms with Crippen molar-refractivity contribution in [1.29, 1.82) is 5.41 Å².